The van der Waals surface area contributed by atoms with Crippen LogP contribution in [0.1, 0.15) is 44.1 Å². The highest BCUT2D eigenvalue weighted by molar-refractivity contribution is 5.85. The van der Waals surface area contributed by atoms with Crippen molar-refractivity contribution in [1.82, 2.24) is 24.7 Å². The molecule has 1 fully saturated rings. The molecule has 3 heterocycles. The Hall–Kier alpha value is -2.58. The predicted molar refractivity (Wildman–Crippen MR) is 92.8 cm³/mol. The van der Waals surface area contributed by atoms with Crippen LogP contribution in [0.4, 0.5) is 9.59 Å². The normalized spacial score (nSPS) is 18.8. The number of rotatable bonds is 5. The number of piperidine rings is 1. The minimum atomic E-state index is -1.18. The maximum Gasteiger partial charge on any atom is 0.405 e. The van der Waals surface area contributed by atoms with E-state index in [1.807, 2.05) is 18.7 Å². The lowest BCUT2D eigenvalue weighted by Crippen LogP contribution is -2.53. The van der Waals surface area contributed by atoms with Crippen LogP contribution in [0.3, 0.4) is 0 Å². The molecule has 3 rings (SSSR count). The first kappa shape index (κ1) is 18.2. The summed E-state index contributed by atoms with van der Waals surface area (Å²) in [4.78, 5) is 43.8. The smallest absolute Gasteiger partial charge is 0.405 e. The van der Waals surface area contributed by atoms with Gasteiger partial charge in [0.1, 0.15) is 11.9 Å². The van der Waals surface area contributed by atoms with Gasteiger partial charge in [-0.3, -0.25) is 9.36 Å². The Morgan fingerprint density at radius 2 is 2.08 bits per heavy atom. The lowest BCUT2D eigenvalue weighted by atomic mass is 10.0. The Labute approximate surface area is 152 Å². The number of likely N-dealkylation sites (tertiary alicyclic amines) is 1. The number of carbonyl (C=O) groups excluding carboxylic acids is 2. The molecule has 0 aliphatic carbocycles. The largest absolute Gasteiger partial charge is 0.465 e. The number of carboxylic acid groups (broad SMARTS) is 1. The van der Waals surface area contributed by atoms with E-state index in [4.69, 9.17) is 5.11 Å². The zero-order valence-corrected chi connectivity index (χ0v) is 15.1. The van der Waals surface area contributed by atoms with E-state index >= 15 is 0 Å². The summed E-state index contributed by atoms with van der Waals surface area (Å²) in [5.41, 5.74) is 0.902. The number of nitrogens with zero attached hydrogens (tertiary/aromatic N) is 4. The number of aryl methyl sites for hydroxylation is 1. The summed E-state index contributed by atoms with van der Waals surface area (Å²) < 4.78 is 1.64. The first-order chi connectivity index (χ1) is 12.4. The molecule has 1 saturated heterocycles. The van der Waals surface area contributed by atoms with E-state index in [0.29, 0.717) is 44.7 Å². The van der Waals surface area contributed by atoms with E-state index in [9.17, 15) is 14.4 Å². The van der Waals surface area contributed by atoms with Gasteiger partial charge >= 0.3 is 12.1 Å². The van der Waals surface area contributed by atoms with Crippen LogP contribution >= 0.6 is 0 Å². The molecule has 0 unspecified atom stereocenters. The lowest BCUT2D eigenvalue weighted by Gasteiger charge is -2.37. The van der Waals surface area contributed by atoms with Crippen molar-refractivity contribution < 1.29 is 19.5 Å². The number of nitrogens with one attached hydrogen (secondary N) is 1. The van der Waals surface area contributed by atoms with Gasteiger partial charge in [0.05, 0.1) is 18.4 Å². The van der Waals surface area contributed by atoms with Gasteiger partial charge in [-0.2, -0.15) is 0 Å². The second-order valence-corrected chi connectivity index (χ2v) is 6.89. The predicted octanol–water partition coefficient (Wildman–Crippen LogP) is 1.40. The van der Waals surface area contributed by atoms with Crippen LogP contribution in [0.5, 0.6) is 0 Å². The molecule has 142 valence electrons. The Morgan fingerprint density at radius 1 is 1.38 bits per heavy atom. The van der Waals surface area contributed by atoms with Crippen molar-refractivity contribution in [1.29, 1.82) is 0 Å². The van der Waals surface area contributed by atoms with Crippen molar-refractivity contribution in [2.75, 3.05) is 13.1 Å². The van der Waals surface area contributed by atoms with Gasteiger partial charge in [-0.25, -0.2) is 14.6 Å². The summed E-state index contributed by atoms with van der Waals surface area (Å²) in [6, 6.07) is -0.656. The molecule has 0 aromatic carbocycles. The molecule has 2 N–H and O–H groups in total. The van der Waals surface area contributed by atoms with Gasteiger partial charge < -0.3 is 20.2 Å². The summed E-state index contributed by atoms with van der Waals surface area (Å²) in [5, 5.41) is 11.2. The minimum Gasteiger partial charge on any atom is -0.465 e. The van der Waals surface area contributed by atoms with E-state index in [1.54, 1.807) is 15.7 Å². The van der Waals surface area contributed by atoms with Gasteiger partial charge in [0.25, 0.3) is 0 Å². The van der Waals surface area contributed by atoms with Crippen molar-refractivity contribution in [3.8, 4) is 0 Å². The number of hydrogen-bond donors (Lipinski definition) is 2. The number of amides is 3. The standard InChI is InChI=1S/C17H25N5O4/c1-3-4-14(19-16(24)25)15(23)20-7-5-12(6-8-20)21-10-13-9-18-11(2)22(13)17(21)26/h9,12,14,19H,3-8,10H2,1-2H3,(H,24,25)/t14-/m1/s1. The summed E-state index contributed by atoms with van der Waals surface area (Å²) >= 11 is 0. The molecule has 0 saturated carbocycles. The fraction of sp³-hybridized carbons (Fsp3) is 0.647. The molecule has 2 aliphatic rings. The quantitative estimate of drug-likeness (QED) is 0.822. The highest BCUT2D eigenvalue weighted by Crippen LogP contribution is 2.26. The second kappa shape index (κ2) is 7.35. The second-order valence-electron chi connectivity index (χ2n) is 6.89. The molecular weight excluding hydrogens is 338 g/mol. The van der Waals surface area contributed by atoms with E-state index in [-0.39, 0.29) is 18.0 Å². The van der Waals surface area contributed by atoms with E-state index < -0.39 is 12.1 Å². The van der Waals surface area contributed by atoms with Gasteiger partial charge in [0, 0.05) is 19.1 Å². The third-order valence-corrected chi connectivity index (χ3v) is 5.17. The number of aromatic nitrogens is 2. The van der Waals surface area contributed by atoms with Crippen molar-refractivity contribution in [3.05, 3.63) is 17.7 Å². The van der Waals surface area contributed by atoms with Gasteiger partial charge in [-0.05, 0) is 26.2 Å². The molecule has 9 heteroatoms. The zero-order chi connectivity index (χ0) is 18.8. The lowest BCUT2D eigenvalue weighted by molar-refractivity contribution is -0.135. The molecule has 3 amide bonds. The third-order valence-electron chi connectivity index (χ3n) is 5.17. The maximum atomic E-state index is 12.6. The van der Waals surface area contributed by atoms with Crippen molar-refractivity contribution in [3.63, 3.8) is 0 Å². The highest BCUT2D eigenvalue weighted by Gasteiger charge is 2.37. The maximum absolute atomic E-state index is 12.6. The summed E-state index contributed by atoms with van der Waals surface area (Å²) in [7, 11) is 0. The molecule has 1 aromatic rings. The van der Waals surface area contributed by atoms with E-state index in [2.05, 4.69) is 10.3 Å². The van der Waals surface area contributed by atoms with E-state index in [0.717, 1.165) is 12.1 Å². The fourth-order valence-corrected chi connectivity index (χ4v) is 3.83. The van der Waals surface area contributed by atoms with Crippen molar-refractivity contribution in [2.45, 2.75) is 58.2 Å². The minimum absolute atomic E-state index is 0.0452. The molecule has 0 radical (unpaired) electrons. The van der Waals surface area contributed by atoms with Gasteiger partial charge in [0.15, 0.2) is 0 Å². The highest BCUT2D eigenvalue weighted by atomic mass is 16.4. The Bertz CT molecular complexity index is 708. The first-order valence-electron chi connectivity index (χ1n) is 9.04. The summed E-state index contributed by atoms with van der Waals surface area (Å²) in [6.45, 7) is 5.34. The van der Waals surface area contributed by atoms with Crippen molar-refractivity contribution >= 4 is 18.0 Å². The van der Waals surface area contributed by atoms with Crippen LogP contribution in [-0.4, -0.2) is 67.7 Å². The summed E-state index contributed by atoms with van der Waals surface area (Å²) in [6.07, 6.45) is 3.15. The molecular formula is C17H25N5O4. The van der Waals surface area contributed by atoms with Crippen LogP contribution in [0, 0.1) is 6.92 Å². The molecule has 0 bridgehead atoms. The molecule has 0 spiro atoms. The molecule has 26 heavy (non-hydrogen) atoms. The average Bonchev–Trinajstić information content (AvgIpc) is 3.14. The van der Waals surface area contributed by atoms with Gasteiger partial charge in [0.2, 0.25) is 5.91 Å². The Morgan fingerprint density at radius 3 is 2.65 bits per heavy atom. The summed E-state index contributed by atoms with van der Waals surface area (Å²) in [5.74, 6) is 0.522. The molecule has 2 aliphatic heterocycles. The topological polar surface area (TPSA) is 108 Å². The zero-order valence-electron chi connectivity index (χ0n) is 15.1. The molecule has 9 nitrogen and oxygen atoms in total. The number of imidazole rings is 1. The average molecular weight is 363 g/mol. The van der Waals surface area contributed by atoms with Crippen LogP contribution in [0.15, 0.2) is 6.20 Å². The van der Waals surface area contributed by atoms with Crippen LogP contribution in [-0.2, 0) is 11.3 Å². The number of hydrogen-bond acceptors (Lipinski definition) is 4. The molecule has 1 aromatic heterocycles. The van der Waals surface area contributed by atoms with Crippen LogP contribution in [0.25, 0.3) is 0 Å². The monoisotopic (exact) mass is 363 g/mol. The van der Waals surface area contributed by atoms with Crippen LogP contribution < -0.4 is 5.32 Å². The van der Waals surface area contributed by atoms with Crippen molar-refractivity contribution in [2.24, 2.45) is 0 Å². The fourth-order valence-electron chi connectivity index (χ4n) is 3.83. The van der Waals surface area contributed by atoms with Gasteiger partial charge in [-0.1, -0.05) is 13.3 Å². The number of carbonyl (C=O) groups is 3. The van der Waals surface area contributed by atoms with Gasteiger partial charge in [-0.15, -0.1) is 0 Å². The number of fused-ring (bicyclic) bond motifs is 1. The molecule has 1 atom stereocenters. The SMILES string of the molecule is CCC[C@@H](NC(=O)O)C(=O)N1CCC(N2Cc3cnc(C)n3C2=O)CC1. The Balaban J connectivity index is 1.58. The first-order valence-corrected chi connectivity index (χ1v) is 9.04. The van der Waals surface area contributed by atoms with E-state index in [1.165, 1.54) is 0 Å². The Kier molecular flexibility index (Phi) is 5.15. The van der Waals surface area contributed by atoms with Crippen LogP contribution in [0.2, 0.25) is 0 Å². The third kappa shape index (κ3) is 3.38.